The van der Waals surface area contributed by atoms with Crippen LogP contribution in [0.25, 0.3) is 71.6 Å². The van der Waals surface area contributed by atoms with Crippen LogP contribution in [0.2, 0.25) is 0 Å². The maximum Gasteiger partial charge on any atom is 0.0689 e. The normalized spacial score (nSPS) is 16.8. The molecule has 0 bridgehead atoms. The van der Waals surface area contributed by atoms with E-state index in [2.05, 4.69) is 228 Å². The van der Waals surface area contributed by atoms with Gasteiger partial charge < -0.3 is 9.80 Å². The smallest absolute Gasteiger partial charge is 0.0689 e. The first-order chi connectivity index (χ1) is 32.7. The van der Waals surface area contributed by atoms with E-state index in [1.165, 1.54) is 110 Å². The van der Waals surface area contributed by atoms with E-state index in [-0.39, 0.29) is 6.04 Å². The molecular weight excluding hydrogens is 877 g/mol. The lowest BCUT2D eigenvalue weighted by Crippen LogP contribution is -2.39. The molecule has 1 aliphatic heterocycles. The summed E-state index contributed by atoms with van der Waals surface area (Å²) in [6.07, 6.45) is 14.3. The van der Waals surface area contributed by atoms with Gasteiger partial charge in [-0.1, -0.05) is 146 Å². The van der Waals surface area contributed by atoms with Crippen LogP contribution in [0.15, 0.2) is 222 Å². The number of fused-ring (bicyclic) bond motifs is 12. The van der Waals surface area contributed by atoms with Gasteiger partial charge in [-0.3, -0.25) is 0 Å². The Bertz CT molecular complexity index is 3760. The molecule has 6 heteroatoms. The summed E-state index contributed by atoms with van der Waals surface area (Å²) in [6, 6.07) is 65.7. The van der Waals surface area contributed by atoms with Gasteiger partial charge in [0.15, 0.2) is 0 Å². The van der Waals surface area contributed by atoms with Crippen molar-refractivity contribution in [3.8, 4) is 11.1 Å². The van der Waals surface area contributed by atoms with Gasteiger partial charge in [0.05, 0.1) is 42.5 Å². The van der Waals surface area contributed by atoms with Crippen LogP contribution in [0.3, 0.4) is 0 Å². The van der Waals surface area contributed by atoms with Crippen molar-refractivity contribution < 1.29 is 0 Å². The lowest BCUT2D eigenvalue weighted by atomic mass is 9.90. The first-order valence-electron chi connectivity index (χ1n) is 22.7. The highest BCUT2D eigenvalue weighted by atomic mass is 32.2. The molecule has 3 aromatic heterocycles. The van der Waals surface area contributed by atoms with Gasteiger partial charge in [0.1, 0.15) is 0 Å². The van der Waals surface area contributed by atoms with Crippen LogP contribution in [0.4, 0.5) is 28.4 Å². The molecule has 2 aliphatic carbocycles. The molecule has 1 saturated heterocycles. The third-order valence-corrected chi connectivity index (χ3v) is 18.7. The molecule has 2 unspecified atom stereocenters. The number of nitrogens with zero attached hydrogens (tertiary/aromatic N) is 2. The van der Waals surface area contributed by atoms with Crippen molar-refractivity contribution >= 4 is 135 Å². The van der Waals surface area contributed by atoms with Gasteiger partial charge in [-0.15, -0.1) is 45.8 Å². The molecule has 0 amide bonds. The van der Waals surface area contributed by atoms with E-state index in [4.69, 9.17) is 0 Å². The van der Waals surface area contributed by atoms with Crippen molar-refractivity contribution in [3.63, 3.8) is 0 Å². The second kappa shape index (κ2) is 15.5. The molecule has 0 saturated carbocycles. The Morgan fingerprint density at radius 1 is 0.424 bits per heavy atom. The molecule has 66 heavy (non-hydrogen) atoms. The van der Waals surface area contributed by atoms with Crippen molar-refractivity contribution in [1.82, 2.24) is 0 Å². The Hall–Kier alpha value is -6.67. The van der Waals surface area contributed by atoms with Crippen molar-refractivity contribution in [2.75, 3.05) is 9.80 Å². The van der Waals surface area contributed by atoms with E-state index >= 15 is 0 Å². The van der Waals surface area contributed by atoms with E-state index in [9.17, 15) is 0 Å². The topological polar surface area (TPSA) is 6.48 Å². The lowest BCUT2D eigenvalue weighted by molar-refractivity contribution is 0.786. The molecule has 2 nitrogen and oxygen atoms in total. The number of anilines is 5. The zero-order valence-corrected chi connectivity index (χ0v) is 39.0. The zero-order valence-electron chi connectivity index (χ0n) is 35.7. The highest BCUT2D eigenvalue weighted by Crippen LogP contribution is 2.54. The number of hydrogen-bond acceptors (Lipinski definition) is 6. The summed E-state index contributed by atoms with van der Waals surface area (Å²) < 4.78 is 7.88. The van der Waals surface area contributed by atoms with Gasteiger partial charge >= 0.3 is 0 Å². The number of thiophene rings is 3. The second-order valence-corrected chi connectivity index (χ2v) is 21.7. The first kappa shape index (κ1) is 38.6. The molecule has 314 valence electrons. The molecule has 8 aromatic carbocycles. The van der Waals surface area contributed by atoms with E-state index in [1.54, 1.807) is 0 Å². The van der Waals surface area contributed by atoms with Crippen LogP contribution >= 0.6 is 45.8 Å². The lowest BCUT2D eigenvalue weighted by Gasteiger charge is -2.37. The summed E-state index contributed by atoms with van der Waals surface area (Å²) in [4.78, 5) is 6.58. The van der Waals surface area contributed by atoms with Crippen molar-refractivity contribution in [2.24, 2.45) is 0 Å². The maximum absolute atomic E-state index is 2.63. The standard InChI is InChI=1S/C60H40N2S4/c1-5-25-53-41(13-1)45-17-9-21-49(57(45)63-53)61(50-22-10-18-46-42-14-2-6-26-54(42)64-58(46)50)39-33-29-37(30-34-39)38-31-35-40(36-32-38)62(51-23-11-19-47-43-15-3-7-27-55(43)65-59(47)51)52-24-12-20-48-44-16-4-8-28-56(44)66-60(48)52/h1-3,5-7,9-36,52,60H,4,8H2. The van der Waals surface area contributed by atoms with Gasteiger partial charge in [0, 0.05) is 62.7 Å². The van der Waals surface area contributed by atoms with E-state index in [1.807, 2.05) is 34.0 Å². The molecule has 0 radical (unpaired) electrons. The molecule has 1 fully saturated rings. The Balaban J connectivity index is 0.876. The van der Waals surface area contributed by atoms with Gasteiger partial charge in [0.25, 0.3) is 0 Å². The average molecular weight is 917 g/mol. The molecule has 14 rings (SSSR count). The summed E-state index contributed by atoms with van der Waals surface area (Å²) in [5.41, 5.74) is 11.3. The summed E-state index contributed by atoms with van der Waals surface area (Å²) in [6.45, 7) is 0. The number of rotatable bonds is 7. The minimum absolute atomic E-state index is 0.144. The van der Waals surface area contributed by atoms with Crippen molar-refractivity contribution in [3.05, 3.63) is 222 Å². The van der Waals surface area contributed by atoms with E-state index < -0.39 is 0 Å². The summed E-state index contributed by atoms with van der Waals surface area (Å²) >= 11 is 7.73. The number of allylic oxidation sites excluding steroid dienone is 5. The average Bonchev–Trinajstić information content (AvgIpc) is 4.16. The van der Waals surface area contributed by atoms with Crippen LogP contribution in [0, 0.1) is 0 Å². The molecule has 0 N–H and O–H groups in total. The zero-order chi connectivity index (χ0) is 43.3. The summed E-state index contributed by atoms with van der Waals surface area (Å²) in [5, 5.41) is 8.17. The van der Waals surface area contributed by atoms with Gasteiger partial charge in [-0.2, -0.15) is 0 Å². The molecule has 0 spiro atoms. The van der Waals surface area contributed by atoms with Crippen LogP contribution in [0.1, 0.15) is 12.8 Å². The minimum Gasteiger partial charge on any atom is -0.332 e. The Morgan fingerprint density at radius 3 is 1.45 bits per heavy atom. The highest BCUT2D eigenvalue weighted by Gasteiger charge is 2.40. The van der Waals surface area contributed by atoms with Crippen LogP contribution in [-0.2, 0) is 0 Å². The minimum atomic E-state index is 0.144. The van der Waals surface area contributed by atoms with Crippen molar-refractivity contribution in [2.45, 2.75) is 24.1 Å². The summed E-state index contributed by atoms with van der Waals surface area (Å²) in [7, 11) is 0. The SMILES string of the molecule is C1=CC(N(c2ccc(-c3ccc(N(c4cccc5c4sc4ccccc45)c4cccc5c4sc4ccccc45)cc3)cc2)c2cccc3c2sc2ccccc23)C2SC3=CCCC=C3C2=C1. The third-order valence-electron chi connectivity index (χ3n) is 13.7. The Labute approximate surface area is 399 Å². The fourth-order valence-electron chi connectivity index (χ4n) is 10.6. The number of benzene rings is 8. The monoisotopic (exact) mass is 916 g/mol. The molecule has 3 aliphatic rings. The second-order valence-electron chi connectivity index (χ2n) is 17.4. The van der Waals surface area contributed by atoms with Gasteiger partial charge in [-0.25, -0.2) is 0 Å². The molecule has 2 atom stereocenters. The first-order valence-corrected chi connectivity index (χ1v) is 26.0. The third kappa shape index (κ3) is 6.05. The van der Waals surface area contributed by atoms with Crippen molar-refractivity contribution in [1.29, 1.82) is 0 Å². The van der Waals surface area contributed by atoms with Gasteiger partial charge in [-0.05, 0) is 95.8 Å². The number of hydrogen-bond donors (Lipinski definition) is 0. The summed E-state index contributed by atoms with van der Waals surface area (Å²) in [5.74, 6) is 0. The van der Waals surface area contributed by atoms with Crippen LogP contribution in [-0.4, -0.2) is 11.3 Å². The number of thioether (sulfide) groups is 1. The largest absolute Gasteiger partial charge is 0.332 e. The van der Waals surface area contributed by atoms with Gasteiger partial charge in [0.2, 0.25) is 0 Å². The molecular formula is C60H40N2S4. The highest BCUT2D eigenvalue weighted by molar-refractivity contribution is 8.04. The quantitative estimate of drug-likeness (QED) is 0.157. The van der Waals surface area contributed by atoms with Crippen LogP contribution < -0.4 is 9.80 Å². The predicted molar refractivity (Wildman–Crippen MR) is 292 cm³/mol. The predicted octanol–water partition coefficient (Wildman–Crippen LogP) is 18.6. The fraction of sp³-hybridized carbons (Fsp3) is 0.0667. The Kier molecular flexibility index (Phi) is 9.04. The maximum atomic E-state index is 2.63. The van der Waals surface area contributed by atoms with E-state index in [0.717, 1.165) is 18.5 Å². The molecule has 11 aromatic rings. The van der Waals surface area contributed by atoms with Crippen LogP contribution in [0.5, 0.6) is 0 Å². The van der Waals surface area contributed by atoms with E-state index in [0.29, 0.717) is 5.25 Å². The fourth-order valence-corrected chi connectivity index (χ4v) is 15.8. The molecule has 4 heterocycles. The Morgan fingerprint density at radius 2 is 0.894 bits per heavy atom.